The van der Waals surface area contributed by atoms with Gasteiger partial charge in [-0.2, -0.15) is 0 Å². The predicted octanol–water partition coefficient (Wildman–Crippen LogP) is 2.56. The van der Waals surface area contributed by atoms with Crippen molar-refractivity contribution in [1.82, 2.24) is 24.5 Å². The number of aromatic nitrogens is 5. The van der Waals surface area contributed by atoms with E-state index in [1.54, 1.807) is 10.9 Å². The van der Waals surface area contributed by atoms with E-state index in [0.29, 0.717) is 0 Å². The van der Waals surface area contributed by atoms with Gasteiger partial charge in [-0.15, -0.1) is 5.10 Å². The third-order valence-electron chi connectivity index (χ3n) is 3.97. The Kier molecular flexibility index (Phi) is 3.74. The molecule has 0 bridgehead atoms. The van der Waals surface area contributed by atoms with Crippen LogP contribution in [-0.4, -0.2) is 30.5 Å². The van der Waals surface area contributed by atoms with Crippen LogP contribution in [0.25, 0.3) is 16.7 Å². The molecule has 7 nitrogen and oxygen atoms in total. The molecule has 2 aromatic heterocycles. The minimum atomic E-state index is -0.151. The van der Waals surface area contributed by atoms with E-state index in [0.717, 1.165) is 28.2 Å². The minimum Gasteiger partial charge on any atom is -0.324 e. The van der Waals surface area contributed by atoms with E-state index in [4.69, 9.17) is 0 Å². The molecule has 7 heteroatoms. The molecule has 0 saturated heterocycles. The van der Waals surface area contributed by atoms with Crippen molar-refractivity contribution in [2.45, 2.75) is 13.5 Å². The molecular formula is C18H16N6O. The Labute approximate surface area is 143 Å². The fourth-order valence-electron chi connectivity index (χ4n) is 2.73. The number of imidazole rings is 1. The number of hydrogen-bond donors (Lipinski definition) is 1. The van der Waals surface area contributed by atoms with Gasteiger partial charge in [0.25, 0.3) is 0 Å². The van der Waals surface area contributed by atoms with Gasteiger partial charge in [0.05, 0.1) is 5.52 Å². The molecule has 25 heavy (non-hydrogen) atoms. The number of amides is 1. The van der Waals surface area contributed by atoms with Crippen molar-refractivity contribution in [3.8, 4) is 5.69 Å². The van der Waals surface area contributed by atoms with Crippen molar-refractivity contribution in [2.24, 2.45) is 0 Å². The molecule has 0 radical (unpaired) electrons. The summed E-state index contributed by atoms with van der Waals surface area (Å²) >= 11 is 0. The molecule has 2 aromatic carbocycles. The van der Waals surface area contributed by atoms with Gasteiger partial charge in [0.15, 0.2) is 0 Å². The van der Waals surface area contributed by atoms with Crippen LogP contribution < -0.4 is 5.32 Å². The van der Waals surface area contributed by atoms with E-state index < -0.39 is 0 Å². The Morgan fingerprint density at radius 3 is 2.68 bits per heavy atom. The van der Waals surface area contributed by atoms with Crippen LogP contribution in [0.3, 0.4) is 0 Å². The van der Waals surface area contributed by atoms with Gasteiger partial charge in [0.2, 0.25) is 5.91 Å². The molecule has 0 unspecified atom stereocenters. The van der Waals surface area contributed by atoms with Gasteiger partial charge in [-0.05, 0) is 43.3 Å². The Hall–Kier alpha value is -3.48. The van der Waals surface area contributed by atoms with E-state index in [1.165, 1.54) is 0 Å². The summed E-state index contributed by atoms with van der Waals surface area (Å²) in [5, 5.41) is 11.0. The number of carbonyl (C=O) groups is 1. The summed E-state index contributed by atoms with van der Waals surface area (Å²) in [5.41, 5.74) is 3.34. The number of para-hydroxylation sites is 1. The smallest absolute Gasteiger partial charge is 0.246 e. The van der Waals surface area contributed by atoms with Crippen LogP contribution in [-0.2, 0) is 11.3 Å². The topological polar surface area (TPSA) is 77.6 Å². The maximum absolute atomic E-state index is 12.3. The summed E-state index contributed by atoms with van der Waals surface area (Å²) in [6.07, 6.45) is 3.66. The average Bonchev–Trinajstić information content (AvgIpc) is 3.22. The van der Waals surface area contributed by atoms with E-state index >= 15 is 0 Å². The molecule has 4 aromatic rings. The SMILES string of the molecule is Cc1nccn1-c1ccc(NC(=O)Cn2nnc3ccccc32)cc1. The van der Waals surface area contributed by atoms with Crippen LogP contribution >= 0.6 is 0 Å². The average molecular weight is 332 g/mol. The minimum absolute atomic E-state index is 0.114. The number of aryl methyl sites for hydroxylation is 1. The highest BCUT2D eigenvalue weighted by Crippen LogP contribution is 2.15. The van der Waals surface area contributed by atoms with Gasteiger partial charge in [-0.1, -0.05) is 17.3 Å². The van der Waals surface area contributed by atoms with Crippen LogP contribution in [0.5, 0.6) is 0 Å². The van der Waals surface area contributed by atoms with Crippen molar-refractivity contribution in [3.05, 3.63) is 66.7 Å². The summed E-state index contributed by atoms with van der Waals surface area (Å²) in [4.78, 5) is 16.5. The first-order valence-corrected chi connectivity index (χ1v) is 7.89. The summed E-state index contributed by atoms with van der Waals surface area (Å²) in [7, 11) is 0. The largest absolute Gasteiger partial charge is 0.324 e. The van der Waals surface area contributed by atoms with Crippen LogP contribution in [0.2, 0.25) is 0 Å². The van der Waals surface area contributed by atoms with Gasteiger partial charge in [0, 0.05) is 23.8 Å². The number of hydrogen-bond acceptors (Lipinski definition) is 4. The van der Waals surface area contributed by atoms with Gasteiger partial charge in [-0.3, -0.25) is 4.79 Å². The molecule has 0 fully saturated rings. The molecule has 0 aliphatic heterocycles. The van der Waals surface area contributed by atoms with Gasteiger partial charge in [0.1, 0.15) is 17.9 Å². The fraction of sp³-hybridized carbons (Fsp3) is 0.111. The zero-order valence-electron chi connectivity index (χ0n) is 13.6. The molecule has 4 rings (SSSR count). The molecule has 2 heterocycles. The zero-order valence-corrected chi connectivity index (χ0v) is 13.6. The van der Waals surface area contributed by atoms with Gasteiger partial charge >= 0.3 is 0 Å². The highest BCUT2D eigenvalue weighted by atomic mass is 16.2. The zero-order chi connectivity index (χ0) is 17.2. The first kappa shape index (κ1) is 15.1. The third kappa shape index (κ3) is 2.99. The number of carbonyl (C=O) groups excluding carboxylic acids is 1. The van der Waals surface area contributed by atoms with Crippen LogP contribution in [0.1, 0.15) is 5.82 Å². The summed E-state index contributed by atoms with van der Waals surface area (Å²) in [5.74, 6) is 0.761. The lowest BCUT2D eigenvalue weighted by molar-refractivity contribution is -0.116. The van der Waals surface area contributed by atoms with Crippen LogP contribution in [0.4, 0.5) is 5.69 Å². The molecule has 0 spiro atoms. The molecule has 1 N–H and O–H groups in total. The van der Waals surface area contributed by atoms with E-state index in [1.807, 2.05) is 66.2 Å². The number of fused-ring (bicyclic) bond motifs is 1. The normalized spacial score (nSPS) is 10.9. The van der Waals surface area contributed by atoms with Crippen molar-refractivity contribution >= 4 is 22.6 Å². The number of benzene rings is 2. The summed E-state index contributed by atoms with van der Waals surface area (Å²) < 4.78 is 3.57. The van der Waals surface area contributed by atoms with Crippen LogP contribution in [0.15, 0.2) is 60.9 Å². The maximum atomic E-state index is 12.3. The van der Waals surface area contributed by atoms with Crippen LogP contribution in [0, 0.1) is 6.92 Å². The van der Waals surface area contributed by atoms with E-state index in [-0.39, 0.29) is 12.5 Å². The van der Waals surface area contributed by atoms with Gasteiger partial charge < -0.3 is 9.88 Å². The van der Waals surface area contributed by atoms with E-state index in [2.05, 4.69) is 20.6 Å². The summed E-state index contributed by atoms with van der Waals surface area (Å²) in [6, 6.07) is 15.2. The third-order valence-corrected chi connectivity index (χ3v) is 3.97. The molecule has 124 valence electrons. The monoisotopic (exact) mass is 332 g/mol. The molecular weight excluding hydrogens is 316 g/mol. The highest BCUT2D eigenvalue weighted by Gasteiger charge is 2.09. The summed E-state index contributed by atoms with van der Waals surface area (Å²) in [6.45, 7) is 2.06. The highest BCUT2D eigenvalue weighted by molar-refractivity contribution is 5.91. The van der Waals surface area contributed by atoms with Crippen molar-refractivity contribution in [1.29, 1.82) is 0 Å². The van der Waals surface area contributed by atoms with Crippen molar-refractivity contribution in [3.63, 3.8) is 0 Å². The Morgan fingerprint density at radius 2 is 1.92 bits per heavy atom. The lowest BCUT2D eigenvalue weighted by Gasteiger charge is -2.08. The molecule has 1 amide bonds. The Balaban J connectivity index is 1.47. The molecule has 0 atom stereocenters. The second-order valence-electron chi connectivity index (χ2n) is 5.68. The standard InChI is InChI=1S/C18H16N6O/c1-13-19-10-11-23(13)15-8-6-14(7-9-15)20-18(25)12-24-17-5-3-2-4-16(17)21-22-24/h2-11H,12H2,1H3,(H,20,25). The quantitative estimate of drug-likeness (QED) is 0.623. The molecule has 0 aliphatic rings. The van der Waals surface area contributed by atoms with E-state index in [9.17, 15) is 4.79 Å². The molecule has 0 aliphatic carbocycles. The number of nitrogens with one attached hydrogen (secondary N) is 1. The predicted molar refractivity (Wildman–Crippen MR) is 94.5 cm³/mol. The number of nitrogens with zero attached hydrogens (tertiary/aromatic N) is 5. The first-order valence-electron chi connectivity index (χ1n) is 7.89. The van der Waals surface area contributed by atoms with Gasteiger partial charge in [-0.25, -0.2) is 9.67 Å². The first-order chi connectivity index (χ1) is 12.2. The number of rotatable bonds is 4. The Morgan fingerprint density at radius 1 is 1.12 bits per heavy atom. The van der Waals surface area contributed by atoms with Crippen molar-refractivity contribution in [2.75, 3.05) is 5.32 Å². The maximum Gasteiger partial charge on any atom is 0.246 e. The fourth-order valence-corrected chi connectivity index (χ4v) is 2.73. The Bertz CT molecular complexity index is 1030. The van der Waals surface area contributed by atoms with Crippen molar-refractivity contribution < 1.29 is 4.79 Å². The second-order valence-corrected chi connectivity index (χ2v) is 5.68. The molecule has 0 saturated carbocycles. The lowest BCUT2D eigenvalue weighted by Crippen LogP contribution is -2.19. The lowest BCUT2D eigenvalue weighted by atomic mass is 10.2. The second kappa shape index (κ2) is 6.20. The number of anilines is 1.